The van der Waals surface area contributed by atoms with E-state index >= 15 is 0 Å². The molecule has 0 aliphatic rings. The van der Waals surface area contributed by atoms with Gasteiger partial charge in [0.15, 0.2) is 0 Å². The molecule has 0 fully saturated rings. The first-order valence-electron chi connectivity index (χ1n) is 10.5. The fourth-order valence-electron chi connectivity index (χ4n) is 3.59. The van der Waals surface area contributed by atoms with Crippen molar-refractivity contribution in [3.05, 3.63) is 114 Å². The third-order valence-electron chi connectivity index (χ3n) is 5.29. The van der Waals surface area contributed by atoms with Gasteiger partial charge in [0.05, 0.1) is 10.6 Å². The monoisotopic (exact) mass is 456 g/mol. The molecule has 1 amide bonds. The highest BCUT2D eigenvalue weighted by Gasteiger charge is 2.18. The van der Waals surface area contributed by atoms with E-state index in [2.05, 4.69) is 10.0 Å². The molecule has 33 heavy (non-hydrogen) atoms. The first kappa shape index (κ1) is 22.3. The molecule has 0 unspecified atom stereocenters. The Kier molecular flexibility index (Phi) is 6.29. The maximum atomic E-state index is 13.0. The standard InChI is InChI=1S/C27H24N2O3S/c1-19-15-16-25(20(2)17-19)29-33(31,32)23-12-8-11-22(18-23)27(30)28-26-14-7-6-13-24(26)21-9-4-3-5-10-21/h3-18,29H,1-2H3,(H,28,30). The zero-order valence-corrected chi connectivity index (χ0v) is 19.2. The van der Waals surface area contributed by atoms with Gasteiger partial charge in [-0.25, -0.2) is 8.42 Å². The second-order valence-electron chi connectivity index (χ2n) is 7.82. The number of nitrogens with one attached hydrogen (secondary N) is 2. The number of para-hydroxylation sites is 1. The summed E-state index contributed by atoms with van der Waals surface area (Å²) in [5.74, 6) is -0.387. The first-order valence-corrected chi connectivity index (χ1v) is 12.0. The van der Waals surface area contributed by atoms with Crippen LogP contribution in [0, 0.1) is 13.8 Å². The van der Waals surface area contributed by atoms with Crippen LogP contribution in [0.15, 0.2) is 102 Å². The van der Waals surface area contributed by atoms with Crippen molar-refractivity contribution < 1.29 is 13.2 Å². The van der Waals surface area contributed by atoms with Crippen LogP contribution in [0.1, 0.15) is 21.5 Å². The van der Waals surface area contributed by atoms with Crippen molar-refractivity contribution in [1.82, 2.24) is 0 Å². The highest BCUT2D eigenvalue weighted by atomic mass is 32.2. The Balaban J connectivity index is 1.59. The van der Waals surface area contributed by atoms with Crippen LogP contribution in [0.5, 0.6) is 0 Å². The van der Waals surface area contributed by atoms with Gasteiger partial charge in [0, 0.05) is 16.8 Å². The minimum atomic E-state index is -3.86. The fourth-order valence-corrected chi connectivity index (χ4v) is 4.77. The summed E-state index contributed by atoms with van der Waals surface area (Å²) >= 11 is 0. The van der Waals surface area contributed by atoms with E-state index in [1.807, 2.05) is 80.6 Å². The highest BCUT2D eigenvalue weighted by Crippen LogP contribution is 2.28. The van der Waals surface area contributed by atoms with Gasteiger partial charge in [-0.1, -0.05) is 72.3 Å². The predicted molar refractivity (Wildman–Crippen MR) is 133 cm³/mol. The highest BCUT2D eigenvalue weighted by molar-refractivity contribution is 7.92. The van der Waals surface area contributed by atoms with E-state index in [-0.39, 0.29) is 16.4 Å². The molecule has 4 aromatic rings. The summed E-state index contributed by atoms with van der Waals surface area (Å²) in [6.07, 6.45) is 0. The largest absolute Gasteiger partial charge is 0.321 e. The molecule has 6 heteroatoms. The molecule has 0 atom stereocenters. The fraction of sp³-hybridized carbons (Fsp3) is 0.0741. The lowest BCUT2D eigenvalue weighted by Crippen LogP contribution is -2.16. The van der Waals surface area contributed by atoms with E-state index in [9.17, 15) is 13.2 Å². The summed E-state index contributed by atoms with van der Waals surface area (Å²) in [6.45, 7) is 3.79. The van der Waals surface area contributed by atoms with Crippen LogP contribution in [0.25, 0.3) is 11.1 Å². The minimum Gasteiger partial charge on any atom is -0.321 e. The summed E-state index contributed by atoms with van der Waals surface area (Å²) in [5, 5.41) is 2.91. The summed E-state index contributed by atoms with van der Waals surface area (Å²) in [5.41, 5.74) is 5.13. The molecular formula is C27H24N2O3S. The summed E-state index contributed by atoms with van der Waals surface area (Å²) in [7, 11) is -3.86. The van der Waals surface area contributed by atoms with Gasteiger partial charge < -0.3 is 5.32 Å². The van der Waals surface area contributed by atoms with Crippen LogP contribution in [0.3, 0.4) is 0 Å². The zero-order chi connectivity index (χ0) is 23.4. The number of amides is 1. The van der Waals surface area contributed by atoms with E-state index in [0.717, 1.165) is 22.3 Å². The van der Waals surface area contributed by atoms with Crippen molar-refractivity contribution in [2.45, 2.75) is 18.7 Å². The summed E-state index contributed by atoms with van der Waals surface area (Å²) in [6, 6.07) is 28.7. The normalized spacial score (nSPS) is 11.1. The van der Waals surface area contributed by atoms with Crippen LogP contribution in [-0.4, -0.2) is 14.3 Å². The number of anilines is 2. The lowest BCUT2D eigenvalue weighted by molar-refractivity contribution is 0.102. The lowest BCUT2D eigenvalue weighted by atomic mass is 10.0. The quantitative estimate of drug-likeness (QED) is 0.372. The maximum Gasteiger partial charge on any atom is 0.261 e. The Bertz CT molecular complexity index is 1410. The van der Waals surface area contributed by atoms with Gasteiger partial charge in [-0.2, -0.15) is 0 Å². The van der Waals surface area contributed by atoms with Gasteiger partial charge in [0.25, 0.3) is 15.9 Å². The molecule has 0 bridgehead atoms. The van der Waals surface area contributed by atoms with Crippen LogP contribution < -0.4 is 10.0 Å². The smallest absolute Gasteiger partial charge is 0.261 e. The Hall–Kier alpha value is -3.90. The van der Waals surface area contributed by atoms with Gasteiger partial charge in [-0.3, -0.25) is 9.52 Å². The van der Waals surface area contributed by atoms with Crippen molar-refractivity contribution in [1.29, 1.82) is 0 Å². The average molecular weight is 457 g/mol. The number of carbonyl (C=O) groups is 1. The van der Waals surface area contributed by atoms with Crippen LogP contribution in [0.4, 0.5) is 11.4 Å². The van der Waals surface area contributed by atoms with Gasteiger partial charge >= 0.3 is 0 Å². The molecule has 0 aliphatic heterocycles. The van der Waals surface area contributed by atoms with Crippen LogP contribution in [-0.2, 0) is 10.0 Å². The maximum absolute atomic E-state index is 13.0. The second-order valence-corrected chi connectivity index (χ2v) is 9.50. The molecular weight excluding hydrogens is 432 g/mol. The molecule has 4 aromatic carbocycles. The Labute approximate surface area is 194 Å². The Morgan fingerprint density at radius 1 is 0.727 bits per heavy atom. The number of sulfonamides is 1. The molecule has 0 saturated carbocycles. The van der Waals surface area contributed by atoms with Gasteiger partial charge in [-0.05, 0) is 55.3 Å². The van der Waals surface area contributed by atoms with Crippen molar-refractivity contribution in [3.8, 4) is 11.1 Å². The second kappa shape index (κ2) is 9.30. The van der Waals surface area contributed by atoms with Crippen molar-refractivity contribution in [3.63, 3.8) is 0 Å². The number of benzene rings is 4. The minimum absolute atomic E-state index is 0.0199. The first-order chi connectivity index (χ1) is 15.8. The van der Waals surface area contributed by atoms with Gasteiger partial charge in [-0.15, -0.1) is 0 Å². The third kappa shape index (κ3) is 5.13. The van der Waals surface area contributed by atoms with E-state index < -0.39 is 10.0 Å². The van der Waals surface area contributed by atoms with Gasteiger partial charge in [0.2, 0.25) is 0 Å². The van der Waals surface area contributed by atoms with E-state index in [1.54, 1.807) is 18.2 Å². The SMILES string of the molecule is Cc1ccc(NS(=O)(=O)c2cccc(C(=O)Nc3ccccc3-c3ccccc3)c2)c(C)c1. The molecule has 166 valence electrons. The van der Waals surface area contributed by atoms with Crippen molar-refractivity contribution in [2.75, 3.05) is 10.0 Å². The lowest BCUT2D eigenvalue weighted by Gasteiger charge is -2.13. The van der Waals surface area contributed by atoms with E-state index in [1.165, 1.54) is 12.1 Å². The molecule has 0 heterocycles. The number of hydrogen-bond acceptors (Lipinski definition) is 3. The van der Waals surface area contributed by atoms with E-state index in [0.29, 0.717) is 11.4 Å². The topological polar surface area (TPSA) is 75.3 Å². The van der Waals surface area contributed by atoms with Crippen molar-refractivity contribution in [2.24, 2.45) is 0 Å². The molecule has 0 saturated heterocycles. The number of carbonyl (C=O) groups excluding carboxylic acids is 1. The van der Waals surface area contributed by atoms with Crippen LogP contribution >= 0.6 is 0 Å². The molecule has 4 rings (SSSR count). The number of aryl methyl sites for hydroxylation is 2. The summed E-state index contributed by atoms with van der Waals surface area (Å²) < 4.78 is 28.6. The molecule has 0 aromatic heterocycles. The summed E-state index contributed by atoms with van der Waals surface area (Å²) in [4.78, 5) is 13.0. The third-order valence-corrected chi connectivity index (χ3v) is 6.66. The molecule has 0 spiro atoms. The van der Waals surface area contributed by atoms with Crippen molar-refractivity contribution >= 4 is 27.3 Å². The molecule has 0 radical (unpaired) electrons. The number of hydrogen-bond donors (Lipinski definition) is 2. The Morgan fingerprint density at radius 3 is 2.21 bits per heavy atom. The zero-order valence-electron chi connectivity index (χ0n) is 18.4. The molecule has 2 N–H and O–H groups in total. The van der Waals surface area contributed by atoms with E-state index in [4.69, 9.17) is 0 Å². The number of rotatable bonds is 6. The average Bonchev–Trinajstić information content (AvgIpc) is 2.82. The Morgan fingerprint density at radius 2 is 1.45 bits per heavy atom. The predicted octanol–water partition coefficient (Wildman–Crippen LogP) is 6.02. The van der Waals surface area contributed by atoms with Crippen LogP contribution in [0.2, 0.25) is 0 Å². The molecule has 5 nitrogen and oxygen atoms in total. The van der Waals surface area contributed by atoms with Gasteiger partial charge in [0.1, 0.15) is 0 Å². The molecule has 0 aliphatic carbocycles.